The molecule has 0 radical (unpaired) electrons. The number of fused-ring (bicyclic) bond motifs is 1. The highest BCUT2D eigenvalue weighted by Crippen LogP contribution is 2.29. The number of thiazole rings is 1. The number of rotatable bonds is 4. The highest BCUT2D eigenvalue weighted by atomic mass is 32.2. The second-order valence-electron chi connectivity index (χ2n) is 5.66. The fraction of sp³-hybridized carbons (Fsp3) is 0.105. The van der Waals surface area contributed by atoms with Gasteiger partial charge in [0.25, 0.3) is 5.91 Å². The van der Waals surface area contributed by atoms with Crippen LogP contribution in [-0.4, -0.2) is 33.7 Å². The minimum atomic E-state index is -0.0864. The zero-order chi connectivity index (χ0) is 18.1. The Labute approximate surface area is 159 Å². The van der Waals surface area contributed by atoms with Gasteiger partial charge in [0.1, 0.15) is 0 Å². The molecule has 0 aliphatic rings. The Morgan fingerprint density at radius 2 is 2.04 bits per heavy atom. The molecule has 0 saturated heterocycles. The maximum absolute atomic E-state index is 13.0. The lowest BCUT2D eigenvalue weighted by Gasteiger charge is -2.15. The second-order valence-corrected chi connectivity index (χ2v) is 7.45. The number of amides is 1. The van der Waals surface area contributed by atoms with Gasteiger partial charge in [-0.15, -0.1) is 0 Å². The van der Waals surface area contributed by atoms with E-state index in [0.29, 0.717) is 10.7 Å². The largest absolute Gasteiger partial charge is 0.295 e. The molecule has 7 heteroatoms. The van der Waals surface area contributed by atoms with E-state index in [1.807, 2.05) is 65.6 Å². The monoisotopic (exact) mass is 380 g/mol. The number of thioether (sulfide) groups is 1. The third-order valence-corrected chi connectivity index (χ3v) is 5.81. The van der Waals surface area contributed by atoms with Crippen LogP contribution in [-0.2, 0) is 0 Å². The summed E-state index contributed by atoms with van der Waals surface area (Å²) in [5, 5.41) is 1.57. The number of hydrogen-bond donors (Lipinski definition) is 0. The normalized spacial score (nSPS) is 11.0. The van der Waals surface area contributed by atoms with Crippen LogP contribution in [0.3, 0.4) is 0 Å². The summed E-state index contributed by atoms with van der Waals surface area (Å²) in [4.78, 5) is 23.4. The van der Waals surface area contributed by atoms with Crippen LogP contribution in [0.25, 0.3) is 15.9 Å². The molecule has 130 valence electrons. The van der Waals surface area contributed by atoms with Crippen LogP contribution in [0.1, 0.15) is 10.4 Å². The van der Waals surface area contributed by atoms with Gasteiger partial charge >= 0.3 is 0 Å². The van der Waals surface area contributed by atoms with Crippen molar-refractivity contribution in [3.05, 3.63) is 66.5 Å². The van der Waals surface area contributed by atoms with Gasteiger partial charge in [0.15, 0.2) is 10.3 Å². The van der Waals surface area contributed by atoms with Gasteiger partial charge in [0.2, 0.25) is 0 Å². The number of nitrogens with zero attached hydrogens (tertiary/aromatic N) is 4. The van der Waals surface area contributed by atoms with Crippen molar-refractivity contribution in [2.75, 3.05) is 18.2 Å². The third kappa shape index (κ3) is 3.00. The summed E-state index contributed by atoms with van der Waals surface area (Å²) in [6.07, 6.45) is 5.63. The SMILES string of the molecule is CSc1nccn1-c1cccc(C(=O)N(C)c2nc3ccccc3s2)c1. The van der Waals surface area contributed by atoms with Gasteiger partial charge in [-0.1, -0.05) is 41.3 Å². The average molecular weight is 380 g/mol. The molecule has 0 aliphatic carbocycles. The minimum Gasteiger partial charge on any atom is -0.295 e. The number of hydrogen-bond acceptors (Lipinski definition) is 5. The number of carbonyl (C=O) groups excluding carboxylic acids is 1. The summed E-state index contributed by atoms with van der Waals surface area (Å²) >= 11 is 3.08. The van der Waals surface area contributed by atoms with Gasteiger partial charge in [-0.2, -0.15) is 0 Å². The van der Waals surface area contributed by atoms with E-state index in [0.717, 1.165) is 21.1 Å². The molecule has 0 spiro atoms. The summed E-state index contributed by atoms with van der Waals surface area (Å²) in [5.41, 5.74) is 2.43. The first-order valence-corrected chi connectivity index (χ1v) is 10.0. The van der Waals surface area contributed by atoms with Gasteiger partial charge in [0, 0.05) is 30.7 Å². The molecule has 1 amide bonds. The van der Waals surface area contributed by atoms with Gasteiger partial charge in [-0.3, -0.25) is 14.3 Å². The molecule has 4 aromatic rings. The number of benzene rings is 2. The van der Waals surface area contributed by atoms with E-state index in [-0.39, 0.29) is 5.91 Å². The van der Waals surface area contributed by atoms with Crippen LogP contribution in [0.4, 0.5) is 5.13 Å². The number of carbonyl (C=O) groups is 1. The number of imidazole rings is 1. The van der Waals surface area contributed by atoms with Gasteiger partial charge < -0.3 is 0 Å². The second kappa shape index (κ2) is 6.93. The quantitative estimate of drug-likeness (QED) is 0.490. The number of anilines is 1. The van der Waals surface area contributed by atoms with E-state index in [4.69, 9.17) is 0 Å². The average Bonchev–Trinajstić information content (AvgIpc) is 3.33. The smallest absolute Gasteiger partial charge is 0.259 e. The first kappa shape index (κ1) is 16.8. The first-order valence-electron chi connectivity index (χ1n) is 7.99. The molecular formula is C19H16N4OS2. The molecule has 2 aromatic heterocycles. The van der Waals surface area contributed by atoms with Crippen LogP contribution in [0.15, 0.2) is 66.1 Å². The van der Waals surface area contributed by atoms with E-state index < -0.39 is 0 Å². The standard InChI is InChI=1S/C19H16N4OS2/c1-22(19-21-15-8-3-4-9-16(15)26-19)17(24)13-6-5-7-14(12-13)23-11-10-20-18(23)25-2/h3-12H,1-2H3. The van der Waals surface area contributed by atoms with Crippen LogP contribution < -0.4 is 4.90 Å². The third-order valence-electron chi connectivity index (χ3n) is 4.03. The van der Waals surface area contributed by atoms with Crippen LogP contribution in [0.5, 0.6) is 0 Å². The molecule has 0 saturated carbocycles. The molecule has 0 atom stereocenters. The van der Waals surface area contributed by atoms with Crippen molar-refractivity contribution in [1.29, 1.82) is 0 Å². The molecule has 0 aliphatic heterocycles. The maximum Gasteiger partial charge on any atom is 0.259 e. The fourth-order valence-electron chi connectivity index (χ4n) is 2.71. The first-order chi connectivity index (χ1) is 12.7. The fourth-order valence-corrected chi connectivity index (χ4v) is 4.16. The Bertz CT molecular complexity index is 1050. The van der Waals surface area contributed by atoms with Gasteiger partial charge in [0.05, 0.1) is 10.2 Å². The van der Waals surface area contributed by atoms with Gasteiger partial charge in [-0.05, 0) is 36.6 Å². The summed E-state index contributed by atoms with van der Waals surface area (Å²) in [6.45, 7) is 0. The lowest BCUT2D eigenvalue weighted by atomic mass is 10.2. The van der Waals surface area contributed by atoms with Gasteiger partial charge in [-0.25, -0.2) is 9.97 Å². The van der Waals surface area contributed by atoms with E-state index >= 15 is 0 Å². The predicted molar refractivity (Wildman–Crippen MR) is 108 cm³/mol. The molecule has 5 nitrogen and oxygen atoms in total. The van der Waals surface area contributed by atoms with Crippen molar-refractivity contribution in [2.24, 2.45) is 0 Å². The minimum absolute atomic E-state index is 0.0864. The molecule has 2 aromatic carbocycles. The lowest BCUT2D eigenvalue weighted by molar-refractivity contribution is 0.0993. The maximum atomic E-state index is 13.0. The number of aromatic nitrogens is 3. The molecule has 0 bridgehead atoms. The van der Waals surface area contributed by atoms with E-state index in [1.54, 1.807) is 29.9 Å². The van der Waals surface area contributed by atoms with Crippen molar-refractivity contribution in [3.63, 3.8) is 0 Å². The van der Waals surface area contributed by atoms with Crippen molar-refractivity contribution >= 4 is 44.4 Å². The molecular weight excluding hydrogens is 364 g/mol. The Morgan fingerprint density at radius 3 is 2.85 bits per heavy atom. The topological polar surface area (TPSA) is 51.0 Å². The molecule has 4 rings (SSSR count). The van der Waals surface area contributed by atoms with Crippen LogP contribution in [0.2, 0.25) is 0 Å². The Balaban J connectivity index is 1.66. The molecule has 2 heterocycles. The van der Waals surface area contributed by atoms with Crippen molar-refractivity contribution in [1.82, 2.24) is 14.5 Å². The summed E-state index contributed by atoms with van der Waals surface area (Å²) in [6, 6.07) is 15.5. The van der Waals surface area contributed by atoms with Crippen LogP contribution >= 0.6 is 23.1 Å². The number of para-hydroxylation sites is 1. The van der Waals surface area contributed by atoms with E-state index in [2.05, 4.69) is 9.97 Å². The van der Waals surface area contributed by atoms with E-state index in [9.17, 15) is 4.79 Å². The molecule has 0 unspecified atom stereocenters. The van der Waals surface area contributed by atoms with Crippen molar-refractivity contribution < 1.29 is 4.79 Å². The zero-order valence-electron chi connectivity index (χ0n) is 14.3. The van der Waals surface area contributed by atoms with E-state index in [1.165, 1.54) is 11.3 Å². The summed E-state index contributed by atoms with van der Waals surface area (Å²) in [5.74, 6) is -0.0864. The van der Waals surface area contributed by atoms with Crippen molar-refractivity contribution in [2.45, 2.75) is 5.16 Å². The molecule has 26 heavy (non-hydrogen) atoms. The Hall–Kier alpha value is -2.64. The Kier molecular flexibility index (Phi) is 4.48. The molecule has 0 fully saturated rings. The van der Waals surface area contributed by atoms with Crippen LogP contribution in [0, 0.1) is 0 Å². The van der Waals surface area contributed by atoms with Crippen molar-refractivity contribution in [3.8, 4) is 5.69 Å². The highest BCUT2D eigenvalue weighted by Gasteiger charge is 2.18. The Morgan fingerprint density at radius 1 is 1.19 bits per heavy atom. The lowest BCUT2D eigenvalue weighted by Crippen LogP contribution is -2.26. The summed E-state index contributed by atoms with van der Waals surface area (Å²) in [7, 11) is 1.76. The molecule has 0 N–H and O–H groups in total. The zero-order valence-corrected chi connectivity index (χ0v) is 15.9. The predicted octanol–water partition coefficient (Wildman–Crippen LogP) is 4.48. The highest BCUT2D eigenvalue weighted by molar-refractivity contribution is 7.98. The summed E-state index contributed by atoms with van der Waals surface area (Å²) < 4.78 is 3.04.